The van der Waals surface area contributed by atoms with Crippen molar-refractivity contribution in [3.05, 3.63) is 0 Å². The van der Waals surface area contributed by atoms with Crippen LogP contribution in [0.4, 0.5) is 0 Å². The Morgan fingerprint density at radius 3 is 1.88 bits per heavy atom. The maximum Gasteiger partial charge on any atom is 0.305 e. The molecule has 0 saturated carbocycles. The lowest BCUT2D eigenvalue weighted by molar-refractivity contribution is -0.143. The largest absolute Gasteiger partial charge is 0.464 e. The van der Waals surface area contributed by atoms with Gasteiger partial charge in [0.1, 0.15) is 6.61 Å². The van der Waals surface area contributed by atoms with Gasteiger partial charge in [0.15, 0.2) is 0 Å². The van der Waals surface area contributed by atoms with E-state index < -0.39 is 0 Å². The minimum absolute atomic E-state index is 0.000486. The second kappa shape index (κ2) is 22.8. The smallest absolute Gasteiger partial charge is 0.305 e. The summed E-state index contributed by atoms with van der Waals surface area (Å²) in [6.07, 6.45) is 17.8. The number of thioether (sulfide) groups is 1. The molecule has 0 radical (unpaired) electrons. The van der Waals surface area contributed by atoms with E-state index in [4.69, 9.17) is 4.74 Å². The standard InChI is InChI=1S/C19H38O2S.C2H6/c1-4-6-8-10-12-14-16-19(20)21-17-18(22-3)15-13-11-9-7-5-2;1-2/h18H,4-17H2,1-3H3;1-2H3. The van der Waals surface area contributed by atoms with Gasteiger partial charge in [0, 0.05) is 11.7 Å². The number of esters is 1. The molecule has 0 N–H and O–H groups in total. The number of rotatable bonds is 16. The fraction of sp³-hybridized carbons (Fsp3) is 0.952. The summed E-state index contributed by atoms with van der Waals surface area (Å²) in [5.74, 6) is 0.000486. The summed E-state index contributed by atoms with van der Waals surface area (Å²) in [4.78, 5) is 11.7. The molecule has 0 aliphatic carbocycles. The maximum absolute atomic E-state index is 11.7. The summed E-state index contributed by atoms with van der Waals surface area (Å²) < 4.78 is 5.44. The van der Waals surface area contributed by atoms with E-state index in [2.05, 4.69) is 20.1 Å². The van der Waals surface area contributed by atoms with Crippen LogP contribution in [0.25, 0.3) is 0 Å². The van der Waals surface area contributed by atoms with Crippen molar-refractivity contribution in [1.82, 2.24) is 0 Å². The third-order valence-corrected chi connectivity index (χ3v) is 5.17. The highest BCUT2D eigenvalue weighted by atomic mass is 32.2. The number of carbonyl (C=O) groups excluding carboxylic acids is 1. The Balaban J connectivity index is 0. The number of ether oxygens (including phenoxy) is 1. The van der Waals surface area contributed by atoms with Gasteiger partial charge in [0.2, 0.25) is 0 Å². The average molecular weight is 361 g/mol. The van der Waals surface area contributed by atoms with Crippen LogP contribution in [0.1, 0.15) is 111 Å². The molecular weight excluding hydrogens is 316 g/mol. The second-order valence-electron chi connectivity index (χ2n) is 6.26. The molecule has 0 heterocycles. The van der Waals surface area contributed by atoms with Gasteiger partial charge in [-0.2, -0.15) is 11.8 Å². The maximum atomic E-state index is 11.7. The summed E-state index contributed by atoms with van der Waals surface area (Å²) in [7, 11) is 0. The first-order valence-electron chi connectivity index (χ1n) is 10.4. The van der Waals surface area contributed by atoms with Crippen LogP contribution in [-0.4, -0.2) is 24.1 Å². The lowest BCUT2D eigenvalue weighted by Gasteiger charge is -2.14. The predicted octanol–water partition coefficient (Wildman–Crippen LogP) is 7.40. The zero-order chi connectivity index (χ0) is 18.5. The fourth-order valence-electron chi connectivity index (χ4n) is 2.55. The SMILES string of the molecule is CC.CCCCCCCCC(=O)OCC(CCCCCCC)SC. The molecule has 0 amide bonds. The van der Waals surface area contributed by atoms with Crippen molar-refractivity contribution in [1.29, 1.82) is 0 Å². The van der Waals surface area contributed by atoms with E-state index in [9.17, 15) is 4.79 Å². The van der Waals surface area contributed by atoms with Crippen molar-refractivity contribution >= 4 is 17.7 Å². The quantitative estimate of drug-likeness (QED) is 0.212. The molecule has 24 heavy (non-hydrogen) atoms. The highest BCUT2D eigenvalue weighted by Crippen LogP contribution is 2.17. The second-order valence-corrected chi connectivity index (χ2v) is 7.40. The zero-order valence-corrected chi connectivity index (χ0v) is 18.0. The molecule has 0 aromatic rings. The van der Waals surface area contributed by atoms with Gasteiger partial charge in [0.05, 0.1) is 0 Å². The average Bonchev–Trinajstić information content (AvgIpc) is 2.62. The van der Waals surface area contributed by atoms with Crippen LogP contribution in [0, 0.1) is 0 Å². The Labute approximate surface area is 156 Å². The number of carbonyl (C=O) groups is 1. The van der Waals surface area contributed by atoms with Crippen molar-refractivity contribution < 1.29 is 9.53 Å². The topological polar surface area (TPSA) is 26.3 Å². The molecule has 1 unspecified atom stereocenters. The Bertz CT molecular complexity index is 244. The molecule has 0 aliphatic heterocycles. The van der Waals surface area contributed by atoms with E-state index in [1.165, 1.54) is 70.6 Å². The van der Waals surface area contributed by atoms with Gasteiger partial charge in [-0.15, -0.1) is 0 Å². The first kappa shape index (κ1) is 26.1. The molecule has 146 valence electrons. The van der Waals surface area contributed by atoms with Gasteiger partial charge in [0.25, 0.3) is 0 Å². The Morgan fingerprint density at radius 2 is 1.33 bits per heavy atom. The molecule has 0 bridgehead atoms. The van der Waals surface area contributed by atoms with Crippen molar-refractivity contribution in [2.45, 2.75) is 116 Å². The minimum Gasteiger partial charge on any atom is -0.464 e. The molecule has 0 rings (SSSR count). The van der Waals surface area contributed by atoms with Crippen molar-refractivity contribution in [2.24, 2.45) is 0 Å². The van der Waals surface area contributed by atoms with Crippen molar-refractivity contribution in [3.8, 4) is 0 Å². The van der Waals surface area contributed by atoms with Gasteiger partial charge < -0.3 is 4.74 Å². The lowest BCUT2D eigenvalue weighted by Crippen LogP contribution is -2.16. The third-order valence-electron chi connectivity index (χ3n) is 4.13. The summed E-state index contributed by atoms with van der Waals surface area (Å²) in [6, 6.07) is 0. The first-order chi connectivity index (χ1) is 11.7. The predicted molar refractivity (Wildman–Crippen MR) is 111 cm³/mol. The molecule has 1 atom stereocenters. The number of hydrogen-bond acceptors (Lipinski definition) is 3. The van der Waals surface area contributed by atoms with Crippen molar-refractivity contribution in [2.75, 3.05) is 12.9 Å². The van der Waals surface area contributed by atoms with Crippen molar-refractivity contribution in [3.63, 3.8) is 0 Å². The van der Waals surface area contributed by atoms with Crippen LogP contribution >= 0.6 is 11.8 Å². The van der Waals surface area contributed by atoms with Gasteiger partial charge in [-0.25, -0.2) is 0 Å². The number of hydrogen-bond donors (Lipinski definition) is 0. The molecule has 0 aliphatic rings. The number of unbranched alkanes of at least 4 members (excludes halogenated alkanes) is 9. The Hall–Kier alpha value is -0.180. The van der Waals surface area contributed by atoms with Crippen LogP contribution in [0.5, 0.6) is 0 Å². The summed E-state index contributed by atoms with van der Waals surface area (Å²) in [5, 5.41) is 0.482. The zero-order valence-electron chi connectivity index (χ0n) is 17.2. The third kappa shape index (κ3) is 19.9. The van der Waals surface area contributed by atoms with Crippen LogP contribution in [0.3, 0.4) is 0 Å². The van der Waals surface area contributed by atoms with E-state index in [0.717, 1.165) is 6.42 Å². The normalized spacial score (nSPS) is 11.5. The first-order valence-corrected chi connectivity index (χ1v) is 11.7. The molecule has 0 aromatic carbocycles. The van der Waals surface area contributed by atoms with Crippen LogP contribution in [-0.2, 0) is 9.53 Å². The highest BCUT2D eigenvalue weighted by molar-refractivity contribution is 7.99. The van der Waals surface area contributed by atoms with Crippen LogP contribution in [0.2, 0.25) is 0 Å². The van der Waals surface area contributed by atoms with E-state index in [1.54, 1.807) is 0 Å². The molecule has 2 nitrogen and oxygen atoms in total. The van der Waals surface area contributed by atoms with Gasteiger partial charge in [-0.05, 0) is 19.1 Å². The summed E-state index contributed by atoms with van der Waals surface area (Å²) in [5.41, 5.74) is 0. The Kier molecular flexibility index (Phi) is 24.8. The molecule has 0 aromatic heterocycles. The van der Waals surface area contributed by atoms with E-state index in [0.29, 0.717) is 18.3 Å². The van der Waals surface area contributed by atoms with Crippen LogP contribution in [0.15, 0.2) is 0 Å². The van der Waals surface area contributed by atoms with Gasteiger partial charge >= 0.3 is 5.97 Å². The molecule has 0 saturated heterocycles. The summed E-state index contributed by atoms with van der Waals surface area (Å²) >= 11 is 1.84. The van der Waals surface area contributed by atoms with Gasteiger partial charge in [-0.3, -0.25) is 4.79 Å². The molecule has 3 heteroatoms. The molecule has 0 spiro atoms. The van der Waals surface area contributed by atoms with E-state index in [1.807, 2.05) is 25.6 Å². The molecular formula is C21H44O2S. The van der Waals surface area contributed by atoms with Crippen LogP contribution < -0.4 is 0 Å². The highest BCUT2D eigenvalue weighted by Gasteiger charge is 2.10. The lowest BCUT2D eigenvalue weighted by atomic mass is 10.1. The Morgan fingerprint density at radius 1 is 0.833 bits per heavy atom. The molecule has 0 fully saturated rings. The van der Waals surface area contributed by atoms with E-state index >= 15 is 0 Å². The minimum atomic E-state index is 0.000486. The fourth-order valence-corrected chi connectivity index (χ4v) is 3.16. The van der Waals surface area contributed by atoms with E-state index in [-0.39, 0.29) is 5.97 Å². The monoisotopic (exact) mass is 360 g/mol. The summed E-state index contributed by atoms with van der Waals surface area (Å²) in [6.45, 7) is 9.07. The van der Waals surface area contributed by atoms with Gasteiger partial charge in [-0.1, -0.05) is 91.9 Å².